The maximum Gasteiger partial charge on any atom is 0.165 e. The molecule has 28 heavy (non-hydrogen) atoms. The van der Waals surface area contributed by atoms with Crippen LogP contribution in [-0.4, -0.2) is 29.3 Å². The van der Waals surface area contributed by atoms with Crippen LogP contribution in [0.2, 0.25) is 5.02 Å². The summed E-state index contributed by atoms with van der Waals surface area (Å²) >= 11 is 6.04. The van der Waals surface area contributed by atoms with Gasteiger partial charge in [0.05, 0.1) is 11.9 Å². The molecule has 8 heteroatoms. The predicted molar refractivity (Wildman–Crippen MR) is 112 cm³/mol. The van der Waals surface area contributed by atoms with Gasteiger partial charge in [-0.3, -0.25) is 0 Å². The van der Waals surface area contributed by atoms with Crippen LogP contribution < -0.4 is 5.32 Å². The minimum atomic E-state index is -3.11. The fourth-order valence-corrected chi connectivity index (χ4v) is 3.96. The van der Waals surface area contributed by atoms with E-state index >= 15 is 0 Å². The molecular weight excluding hydrogens is 396 g/mol. The summed E-state index contributed by atoms with van der Waals surface area (Å²) in [7, 11) is -3.11. The van der Waals surface area contributed by atoms with E-state index in [0.717, 1.165) is 22.4 Å². The number of sulfone groups is 1. The Morgan fingerprint density at radius 2 is 1.93 bits per heavy atom. The highest BCUT2D eigenvalue weighted by Crippen LogP contribution is 2.26. The van der Waals surface area contributed by atoms with Gasteiger partial charge in [0.25, 0.3) is 0 Å². The molecule has 2 aromatic carbocycles. The molecule has 0 spiro atoms. The topological polar surface area (TPSA) is 76.4 Å². The van der Waals surface area contributed by atoms with Crippen LogP contribution in [0.5, 0.6) is 0 Å². The van der Waals surface area contributed by atoms with Gasteiger partial charge in [0.15, 0.2) is 15.5 Å². The molecule has 6 nitrogen and oxygen atoms in total. The van der Waals surface area contributed by atoms with E-state index in [0.29, 0.717) is 16.5 Å². The average Bonchev–Trinajstić information content (AvgIpc) is 3.04. The van der Waals surface area contributed by atoms with Gasteiger partial charge in [0.1, 0.15) is 5.82 Å². The van der Waals surface area contributed by atoms with Gasteiger partial charge in [-0.15, -0.1) is 0 Å². The number of nitrogens with zero attached hydrogens (tertiary/aromatic N) is 3. The molecule has 0 aliphatic carbocycles. The summed E-state index contributed by atoms with van der Waals surface area (Å²) in [5.41, 5.74) is 3.92. The number of anilines is 2. The molecule has 0 aliphatic rings. The van der Waals surface area contributed by atoms with Crippen molar-refractivity contribution in [2.75, 3.05) is 11.6 Å². The standard InChI is InChI=1S/C20H17ClN4O2S/c1-28(26,27)13-14-4-2-5-15(10-14)18-12-22-25-9-8-19(24-20(18)25)23-17-7-3-6-16(21)11-17/h2-12H,13H2,1H3,(H,23,24). The van der Waals surface area contributed by atoms with Crippen LogP contribution in [-0.2, 0) is 15.6 Å². The van der Waals surface area contributed by atoms with Crippen LogP contribution in [0.25, 0.3) is 16.8 Å². The first kappa shape index (κ1) is 18.5. The number of nitrogens with one attached hydrogen (secondary N) is 1. The zero-order valence-electron chi connectivity index (χ0n) is 15.0. The van der Waals surface area contributed by atoms with E-state index in [9.17, 15) is 8.42 Å². The molecule has 0 saturated carbocycles. The lowest BCUT2D eigenvalue weighted by molar-refractivity contribution is 0.601. The highest BCUT2D eigenvalue weighted by Gasteiger charge is 2.11. The van der Waals surface area contributed by atoms with E-state index in [4.69, 9.17) is 11.6 Å². The SMILES string of the molecule is CS(=O)(=O)Cc1cccc(-c2cnn3ccc(Nc4cccc(Cl)c4)nc23)c1. The van der Waals surface area contributed by atoms with Gasteiger partial charge in [-0.25, -0.2) is 17.9 Å². The molecule has 0 saturated heterocycles. The molecular formula is C20H17ClN4O2S. The van der Waals surface area contributed by atoms with Crippen molar-refractivity contribution in [2.45, 2.75) is 5.75 Å². The van der Waals surface area contributed by atoms with Crippen LogP contribution in [0, 0.1) is 0 Å². The van der Waals surface area contributed by atoms with Gasteiger partial charge >= 0.3 is 0 Å². The summed E-state index contributed by atoms with van der Waals surface area (Å²) < 4.78 is 24.9. The third-order valence-electron chi connectivity index (χ3n) is 4.13. The lowest BCUT2D eigenvalue weighted by Gasteiger charge is -2.07. The molecule has 0 fully saturated rings. The smallest absolute Gasteiger partial charge is 0.165 e. The second-order valence-electron chi connectivity index (χ2n) is 6.55. The molecule has 0 atom stereocenters. The number of benzene rings is 2. The fraction of sp³-hybridized carbons (Fsp3) is 0.100. The van der Waals surface area contributed by atoms with Crippen molar-refractivity contribution < 1.29 is 8.42 Å². The zero-order chi connectivity index (χ0) is 19.7. The molecule has 4 aromatic rings. The molecule has 0 radical (unpaired) electrons. The average molecular weight is 413 g/mol. The summed E-state index contributed by atoms with van der Waals surface area (Å²) in [6, 6.07) is 16.6. The van der Waals surface area contributed by atoms with E-state index in [2.05, 4.69) is 15.4 Å². The van der Waals surface area contributed by atoms with E-state index in [1.165, 1.54) is 6.26 Å². The normalized spacial score (nSPS) is 11.6. The summed E-state index contributed by atoms with van der Waals surface area (Å²) in [6.45, 7) is 0. The molecule has 142 valence electrons. The van der Waals surface area contributed by atoms with Gasteiger partial charge in [0.2, 0.25) is 0 Å². The van der Waals surface area contributed by atoms with Crippen LogP contribution in [0.1, 0.15) is 5.56 Å². The van der Waals surface area contributed by atoms with Crippen molar-refractivity contribution >= 4 is 38.6 Å². The summed E-state index contributed by atoms with van der Waals surface area (Å²) in [5, 5.41) is 8.22. The number of hydrogen-bond donors (Lipinski definition) is 1. The lowest BCUT2D eigenvalue weighted by atomic mass is 10.1. The Morgan fingerprint density at radius 3 is 2.71 bits per heavy atom. The first-order valence-electron chi connectivity index (χ1n) is 8.51. The van der Waals surface area contributed by atoms with Crippen LogP contribution in [0.4, 0.5) is 11.5 Å². The Hall–Kier alpha value is -2.90. The van der Waals surface area contributed by atoms with Gasteiger partial charge < -0.3 is 5.32 Å². The monoisotopic (exact) mass is 412 g/mol. The van der Waals surface area contributed by atoms with Crippen LogP contribution in [0.15, 0.2) is 67.0 Å². The van der Waals surface area contributed by atoms with Gasteiger partial charge in [-0.2, -0.15) is 5.10 Å². The Kier molecular flexibility index (Phi) is 4.78. The Morgan fingerprint density at radius 1 is 1.11 bits per heavy atom. The minimum absolute atomic E-state index is 0.00491. The third-order valence-corrected chi connectivity index (χ3v) is 5.23. The third kappa shape index (κ3) is 4.16. The van der Waals surface area contributed by atoms with Crippen molar-refractivity contribution in [3.8, 4) is 11.1 Å². The molecule has 0 aliphatic heterocycles. The molecule has 0 unspecified atom stereocenters. The van der Waals surface area contributed by atoms with Gasteiger partial charge in [0, 0.05) is 28.7 Å². The summed E-state index contributed by atoms with van der Waals surface area (Å²) in [6.07, 6.45) is 4.77. The van der Waals surface area contributed by atoms with Crippen molar-refractivity contribution in [1.29, 1.82) is 0 Å². The molecule has 0 amide bonds. The molecule has 0 bridgehead atoms. The lowest BCUT2D eigenvalue weighted by Crippen LogP contribution is -2.00. The Bertz CT molecular complexity index is 1270. The Labute approximate surface area is 167 Å². The maximum absolute atomic E-state index is 11.6. The van der Waals surface area contributed by atoms with E-state index < -0.39 is 9.84 Å². The van der Waals surface area contributed by atoms with Crippen LogP contribution in [0.3, 0.4) is 0 Å². The first-order valence-corrected chi connectivity index (χ1v) is 11.0. The second kappa shape index (κ2) is 7.26. The molecule has 1 N–H and O–H groups in total. The van der Waals surface area contributed by atoms with Crippen molar-refractivity contribution in [2.24, 2.45) is 0 Å². The van der Waals surface area contributed by atoms with E-state index in [-0.39, 0.29) is 5.75 Å². The van der Waals surface area contributed by atoms with Gasteiger partial charge in [-0.1, -0.05) is 35.9 Å². The molecule has 4 rings (SSSR count). The summed E-state index contributed by atoms with van der Waals surface area (Å²) in [5.74, 6) is 0.651. The Balaban J connectivity index is 1.71. The predicted octanol–water partition coefficient (Wildman–Crippen LogP) is 4.34. The number of rotatable bonds is 5. The molecule has 2 heterocycles. The van der Waals surface area contributed by atoms with Crippen molar-refractivity contribution in [3.63, 3.8) is 0 Å². The number of hydrogen-bond acceptors (Lipinski definition) is 5. The second-order valence-corrected chi connectivity index (χ2v) is 9.12. The number of aromatic nitrogens is 3. The van der Waals surface area contributed by atoms with Gasteiger partial charge in [-0.05, 0) is 41.5 Å². The number of fused-ring (bicyclic) bond motifs is 1. The minimum Gasteiger partial charge on any atom is -0.340 e. The highest BCUT2D eigenvalue weighted by atomic mass is 35.5. The zero-order valence-corrected chi connectivity index (χ0v) is 16.6. The van der Waals surface area contributed by atoms with E-state index in [1.54, 1.807) is 16.8 Å². The maximum atomic E-state index is 11.6. The molecule has 2 aromatic heterocycles. The first-order chi connectivity index (χ1) is 13.4. The van der Waals surface area contributed by atoms with Crippen LogP contribution >= 0.6 is 11.6 Å². The largest absolute Gasteiger partial charge is 0.340 e. The van der Waals surface area contributed by atoms with Crippen molar-refractivity contribution in [3.05, 3.63) is 77.6 Å². The number of halogens is 1. The van der Waals surface area contributed by atoms with E-state index in [1.807, 2.05) is 54.7 Å². The fourth-order valence-electron chi connectivity index (χ4n) is 2.99. The highest BCUT2D eigenvalue weighted by molar-refractivity contribution is 7.89. The quantitative estimate of drug-likeness (QED) is 0.527. The summed E-state index contributed by atoms with van der Waals surface area (Å²) in [4.78, 5) is 4.67. The van der Waals surface area contributed by atoms with Crippen molar-refractivity contribution in [1.82, 2.24) is 14.6 Å².